The van der Waals surface area contributed by atoms with Gasteiger partial charge in [0, 0.05) is 6.42 Å². The molecule has 4 heteroatoms. The van der Waals surface area contributed by atoms with Crippen molar-refractivity contribution in [2.45, 2.75) is 19.8 Å². The highest BCUT2D eigenvalue weighted by Crippen LogP contribution is 1.79. The van der Waals surface area contributed by atoms with Crippen LogP contribution >= 0.6 is 34.0 Å². The molecule has 0 spiro atoms. The van der Waals surface area contributed by atoms with Crippen LogP contribution in [0.15, 0.2) is 0 Å². The normalized spacial score (nSPS) is 6.12. The molecule has 0 unspecified atom stereocenters. The van der Waals surface area contributed by atoms with Crippen LogP contribution in [0.3, 0.4) is 0 Å². The van der Waals surface area contributed by atoms with Crippen LogP contribution in [0.5, 0.6) is 0 Å². The number of amides is 1. The minimum Gasteiger partial charge on any atom is -0.370 e. The minimum atomic E-state index is -0.211. The first-order valence-electron chi connectivity index (χ1n) is 2.05. The quantitative estimate of drug-likeness (QED) is 0.790. The molecule has 0 rings (SSSR count). The third-order valence-corrected chi connectivity index (χ3v) is 0.496. The maximum Gasteiger partial charge on any atom is 0.217 e. The summed E-state index contributed by atoms with van der Waals surface area (Å²) in [4.78, 5) is 9.82. The lowest BCUT2D eigenvalue weighted by atomic mass is 10.3. The van der Waals surface area contributed by atoms with Crippen LogP contribution in [0.1, 0.15) is 19.8 Å². The highest BCUT2D eigenvalue weighted by Gasteiger charge is 1.84. The molecule has 0 aliphatic carbocycles. The van der Waals surface area contributed by atoms with E-state index in [4.69, 9.17) is 5.73 Å². The Morgan fingerprint density at radius 3 is 1.88 bits per heavy atom. The standard InChI is InChI=1S/C4H9NO.2BrH/c1-2-3-4(5)6;;/h2-3H2,1H3,(H2,5,6);2*1H. The number of carbonyl (C=O) groups is 1. The maximum atomic E-state index is 9.82. The van der Waals surface area contributed by atoms with Gasteiger partial charge >= 0.3 is 0 Å². The summed E-state index contributed by atoms with van der Waals surface area (Å²) >= 11 is 0. The van der Waals surface area contributed by atoms with E-state index in [1.165, 1.54) is 0 Å². The predicted molar refractivity (Wildman–Crippen MR) is 44.7 cm³/mol. The SMILES string of the molecule is Br.Br.CCCC(N)=O. The van der Waals surface area contributed by atoms with Gasteiger partial charge in [0.1, 0.15) is 0 Å². The zero-order valence-electron chi connectivity index (χ0n) is 4.72. The van der Waals surface area contributed by atoms with E-state index in [1.807, 2.05) is 6.92 Å². The fourth-order valence-corrected chi connectivity index (χ4v) is 0.246. The monoisotopic (exact) mass is 247 g/mol. The highest BCUT2D eigenvalue weighted by atomic mass is 79.9. The Balaban J connectivity index is -0.000000125. The van der Waals surface area contributed by atoms with E-state index in [1.54, 1.807) is 0 Å². The Morgan fingerprint density at radius 1 is 1.50 bits per heavy atom. The first-order chi connectivity index (χ1) is 2.77. The Kier molecular flexibility index (Phi) is 20.6. The van der Waals surface area contributed by atoms with Crippen LogP contribution in [-0.4, -0.2) is 5.91 Å². The third kappa shape index (κ3) is 16.1. The molecule has 0 aliphatic rings. The van der Waals surface area contributed by atoms with E-state index in [0.717, 1.165) is 6.42 Å². The van der Waals surface area contributed by atoms with Gasteiger partial charge < -0.3 is 5.73 Å². The second-order valence-electron chi connectivity index (χ2n) is 1.22. The van der Waals surface area contributed by atoms with E-state index in [2.05, 4.69) is 0 Å². The lowest BCUT2D eigenvalue weighted by molar-refractivity contribution is -0.118. The van der Waals surface area contributed by atoms with Gasteiger partial charge in [-0.15, -0.1) is 34.0 Å². The molecule has 0 heterocycles. The van der Waals surface area contributed by atoms with E-state index < -0.39 is 0 Å². The molecule has 52 valence electrons. The van der Waals surface area contributed by atoms with Crippen LogP contribution in [0.4, 0.5) is 0 Å². The maximum absolute atomic E-state index is 9.82. The van der Waals surface area contributed by atoms with Crippen LogP contribution in [0.2, 0.25) is 0 Å². The molecule has 8 heavy (non-hydrogen) atoms. The smallest absolute Gasteiger partial charge is 0.217 e. The molecule has 0 radical (unpaired) electrons. The summed E-state index contributed by atoms with van der Waals surface area (Å²) < 4.78 is 0. The van der Waals surface area contributed by atoms with Crippen LogP contribution < -0.4 is 5.73 Å². The van der Waals surface area contributed by atoms with Gasteiger partial charge in [-0.25, -0.2) is 0 Å². The Morgan fingerprint density at radius 2 is 1.88 bits per heavy atom. The van der Waals surface area contributed by atoms with E-state index in [9.17, 15) is 4.79 Å². The largest absolute Gasteiger partial charge is 0.370 e. The molecule has 0 bridgehead atoms. The second-order valence-corrected chi connectivity index (χ2v) is 1.22. The fourth-order valence-electron chi connectivity index (χ4n) is 0.246. The molecule has 0 aromatic heterocycles. The van der Waals surface area contributed by atoms with Gasteiger partial charge in [0.05, 0.1) is 0 Å². The molecule has 0 saturated carbocycles. The average molecular weight is 249 g/mol. The number of rotatable bonds is 2. The zero-order valence-corrected chi connectivity index (χ0v) is 8.14. The number of primary amides is 1. The first kappa shape index (κ1) is 15.8. The van der Waals surface area contributed by atoms with Crippen LogP contribution in [0, 0.1) is 0 Å². The first-order valence-corrected chi connectivity index (χ1v) is 2.05. The lowest BCUT2D eigenvalue weighted by Gasteiger charge is -1.81. The van der Waals surface area contributed by atoms with Crippen molar-refractivity contribution in [2.75, 3.05) is 0 Å². The van der Waals surface area contributed by atoms with Crippen molar-refractivity contribution in [1.82, 2.24) is 0 Å². The molecular formula is C4H11Br2NO. The topological polar surface area (TPSA) is 43.1 Å². The van der Waals surface area contributed by atoms with Gasteiger partial charge in [-0.1, -0.05) is 6.92 Å². The molecule has 0 fully saturated rings. The van der Waals surface area contributed by atoms with E-state index >= 15 is 0 Å². The van der Waals surface area contributed by atoms with Crippen molar-refractivity contribution in [2.24, 2.45) is 5.73 Å². The van der Waals surface area contributed by atoms with Crippen molar-refractivity contribution in [3.05, 3.63) is 0 Å². The van der Waals surface area contributed by atoms with Crippen molar-refractivity contribution >= 4 is 39.9 Å². The van der Waals surface area contributed by atoms with Crippen molar-refractivity contribution in [3.63, 3.8) is 0 Å². The van der Waals surface area contributed by atoms with Crippen molar-refractivity contribution in [3.8, 4) is 0 Å². The second kappa shape index (κ2) is 10.4. The summed E-state index contributed by atoms with van der Waals surface area (Å²) in [6.07, 6.45) is 1.37. The summed E-state index contributed by atoms with van der Waals surface area (Å²) in [6.45, 7) is 1.92. The van der Waals surface area contributed by atoms with Gasteiger partial charge in [0.25, 0.3) is 0 Å². The third-order valence-electron chi connectivity index (χ3n) is 0.496. The molecule has 0 saturated heterocycles. The van der Waals surface area contributed by atoms with Crippen LogP contribution in [-0.2, 0) is 4.79 Å². The molecular weight excluding hydrogens is 238 g/mol. The van der Waals surface area contributed by atoms with Gasteiger partial charge in [0.2, 0.25) is 5.91 Å². The molecule has 1 amide bonds. The van der Waals surface area contributed by atoms with Gasteiger partial charge in [-0.05, 0) is 6.42 Å². The number of nitrogens with two attached hydrogens (primary N) is 1. The van der Waals surface area contributed by atoms with Gasteiger partial charge in [-0.2, -0.15) is 0 Å². The molecule has 2 N–H and O–H groups in total. The number of hydrogen-bond acceptors (Lipinski definition) is 1. The predicted octanol–water partition coefficient (Wildman–Crippen LogP) is 1.43. The Bertz CT molecular complexity index is 58.0. The van der Waals surface area contributed by atoms with Gasteiger partial charge in [0.15, 0.2) is 0 Å². The summed E-state index contributed by atoms with van der Waals surface area (Å²) in [7, 11) is 0. The summed E-state index contributed by atoms with van der Waals surface area (Å²) in [5, 5.41) is 0. The van der Waals surface area contributed by atoms with E-state index in [0.29, 0.717) is 6.42 Å². The zero-order chi connectivity index (χ0) is 4.99. The molecule has 2 nitrogen and oxygen atoms in total. The molecule has 0 aromatic carbocycles. The van der Waals surface area contributed by atoms with Crippen LogP contribution in [0.25, 0.3) is 0 Å². The Labute approximate surface area is 70.4 Å². The number of halogens is 2. The average Bonchev–Trinajstić information content (AvgIpc) is 1.35. The Hall–Kier alpha value is 0.430. The minimum absolute atomic E-state index is 0. The molecule has 0 aromatic rings. The van der Waals surface area contributed by atoms with Gasteiger partial charge in [-0.3, -0.25) is 4.79 Å². The number of hydrogen-bond donors (Lipinski definition) is 1. The molecule has 0 atom stereocenters. The number of carbonyl (C=O) groups excluding carboxylic acids is 1. The lowest BCUT2D eigenvalue weighted by Crippen LogP contribution is -2.08. The fraction of sp³-hybridized carbons (Fsp3) is 0.750. The summed E-state index contributed by atoms with van der Waals surface area (Å²) in [5.74, 6) is -0.211. The van der Waals surface area contributed by atoms with Crippen molar-refractivity contribution < 1.29 is 4.79 Å². The van der Waals surface area contributed by atoms with Crippen molar-refractivity contribution in [1.29, 1.82) is 0 Å². The van der Waals surface area contributed by atoms with E-state index in [-0.39, 0.29) is 39.9 Å². The highest BCUT2D eigenvalue weighted by molar-refractivity contribution is 8.93. The summed E-state index contributed by atoms with van der Waals surface area (Å²) in [6, 6.07) is 0. The molecule has 0 aliphatic heterocycles. The summed E-state index contributed by atoms with van der Waals surface area (Å²) in [5.41, 5.74) is 4.76.